The Kier molecular flexibility index (Phi) is 5.31. The minimum atomic E-state index is -3.38. The van der Waals surface area contributed by atoms with E-state index < -0.39 is 10.1 Å². The Morgan fingerprint density at radius 2 is 1.76 bits per heavy atom. The van der Waals surface area contributed by atoms with Crippen LogP contribution in [0, 0.1) is 0 Å². The maximum Gasteiger partial charge on any atom is 0.265 e. The van der Waals surface area contributed by atoms with Crippen molar-refractivity contribution in [2.45, 2.75) is 0 Å². The van der Waals surface area contributed by atoms with Gasteiger partial charge in [0.1, 0.15) is 6.73 Å². The summed E-state index contributed by atoms with van der Waals surface area (Å²) in [6.45, 7) is 3.35. The molecule has 0 atom stereocenters. The van der Waals surface area contributed by atoms with Gasteiger partial charge in [-0.1, -0.05) is 0 Å². The molecule has 0 saturated carbocycles. The average Bonchev–Trinajstić information content (AvgIpc) is 2.27. The first-order valence-corrected chi connectivity index (χ1v) is 7.22. The molecule has 1 aliphatic heterocycles. The third-order valence-electron chi connectivity index (χ3n) is 2.56. The van der Waals surface area contributed by atoms with Crippen LogP contribution in [0.3, 0.4) is 0 Å². The number of nitrogens with zero attached hydrogens (tertiary/aromatic N) is 2. The highest BCUT2D eigenvalue weighted by molar-refractivity contribution is 7.85. The molecule has 0 aromatic rings. The van der Waals surface area contributed by atoms with E-state index in [2.05, 4.69) is 5.32 Å². The van der Waals surface area contributed by atoms with Crippen molar-refractivity contribution in [1.29, 1.82) is 0 Å². The lowest BCUT2D eigenvalue weighted by atomic mass is 10.3. The lowest BCUT2D eigenvalue weighted by molar-refractivity contribution is -0.122. The molecule has 1 heterocycles. The zero-order valence-electron chi connectivity index (χ0n) is 10.2. The van der Waals surface area contributed by atoms with Crippen LogP contribution in [0.4, 0.5) is 0 Å². The molecular weight excluding hydrogens is 246 g/mol. The molecule has 0 aromatic carbocycles. The van der Waals surface area contributed by atoms with Crippen LogP contribution in [0.5, 0.6) is 0 Å². The van der Waals surface area contributed by atoms with Gasteiger partial charge in [-0.05, 0) is 0 Å². The molecule has 1 N–H and O–H groups in total. The van der Waals surface area contributed by atoms with Crippen molar-refractivity contribution in [2.24, 2.45) is 0 Å². The molecule has 1 aliphatic rings. The smallest absolute Gasteiger partial charge is 0.265 e. The highest BCUT2D eigenvalue weighted by Crippen LogP contribution is 2.02. The van der Waals surface area contributed by atoms with E-state index in [1.165, 1.54) is 0 Å². The molecule has 1 rings (SSSR count). The van der Waals surface area contributed by atoms with Crippen molar-refractivity contribution in [3.8, 4) is 0 Å². The van der Waals surface area contributed by atoms with Crippen LogP contribution in [-0.2, 0) is 19.1 Å². The second kappa shape index (κ2) is 6.29. The first-order valence-electron chi connectivity index (χ1n) is 5.40. The van der Waals surface area contributed by atoms with Gasteiger partial charge in [-0.3, -0.25) is 18.8 Å². The molecule has 17 heavy (non-hydrogen) atoms. The van der Waals surface area contributed by atoms with Crippen molar-refractivity contribution in [1.82, 2.24) is 15.1 Å². The van der Waals surface area contributed by atoms with Gasteiger partial charge in [0.05, 0.1) is 12.8 Å². The molecule has 0 bridgehead atoms. The largest absolute Gasteiger partial charge is 0.358 e. The molecule has 1 saturated heterocycles. The van der Waals surface area contributed by atoms with Crippen molar-refractivity contribution in [3.05, 3.63) is 0 Å². The number of likely N-dealkylation sites (N-methyl/N-ethyl adjacent to an activating group) is 1. The molecule has 1 amide bonds. The van der Waals surface area contributed by atoms with E-state index in [0.717, 1.165) is 19.3 Å². The maximum absolute atomic E-state index is 11.1. The molecular formula is C9H19N3O4S. The normalized spacial score (nSPS) is 19.2. The van der Waals surface area contributed by atoms with Crippen molar-refractivity contribution in [3.63, 3.8) is 0 Å². The van der Waals surface area contributed by atoms with E-state index in [9.17, 15) is 13.2 Å². The van der Waals surface area contributed by atoms with Gasteiger partial charge < -0.3 is 5.32 Å². The highest BCUT2D eigenvalue weighted by Gasteiger charge is 2.19. The summed E-state index contributed by atoms with van der Waals surface area (Å²) < 4.78 is 26.3. The summed E-state index contributed by atoms with van der Waals surface area (Å²) in [6.07, 6.45) is 1.04. The number of hydrogen-bond acceptors (Lipinski definition) is 6. The molecule has 0 aliphatic carbocycles. The minimum absolute atomic E-state index is 0.00849. The van der Waals surface area contributed by atoms with Gasteiger partial charge in [-0.15, -0.1) is 0 Å². The summed E-state index contributed by atoms with van der Waals surface area (Å²) in [4.78, 5) is 15.1. The number of nitrogens with one attached hydrogen (secondary N) is 1. The summed E-state index contributed by atoms with van der Waals surface area (Å²) in [6, 6.07) is 0. The Balaban J connectivity index is 2.24. The standard InChI is InChI=1S/C9H19N3O4S/c1-10-9(13)7-11-3-5-12(6-4-11)8-16-17(2,14)15/h3-8H2,1-2H3,(H,10,13). The average molecular weight is 265 g/mol. The van der Waals surface area contributed by atoms with Crippen LogP contribution < -0.4 is 5.32 Å². The first kappa shape index (κ1) is 14.4. The van der Waals surface area contributed by atoms with Gasteiger partial charge in [0.25, 0.3) is 10.1 Å². The zero-order valence-corrected chi connectivity index (χ0v) is 11.0. The molecule has 100 valence electrons. The highest BCUT2D eigenvalue weighted by atomic mass is 32.2. The monoisotopic (exact) mass is 265 g/mol. The van der Waals surface area contributed by atoms with E-state index in [0.29, 0.717) is 19.6 Å². The molecule has 1 fully saturated rings. The second-order valence-corrected chi connectivity index (χ2v) is 5.66. The number of carbonyl (C=O) groups is 1. The fraction of sp³-hybridized carbons (Fsp3) is 0.889. The second-order valence-electron chi connectivity index (χ2n) is 4.02. The van der Waals surface area contributed by atoms with E-state index in [1.54, 1.807) is 7.05 Å². The van der Waals surface area contributed by atoms with Crippen LogP contribution in [0.25, 0.3) is 0 Å². The van der Waals surface area contributed by atoms with Crippen LogP contribution >= 0.6 is 0 Å². The molecule has 0 unspecified atom stereocenters. The Labute approximate surface area is 102 Å². The SMILES string of the molecule is CNC(=O)CN1CCN(COS(C)(=O)=O)CC1. The Morgan fingerprint density at radius 3 is 2.24 bits per heavy atom. The van der Waals surface area contributed by atoms with Gasteiger partial charge in [0, 0.05) is 33.2 Å². The fourth-order valence-corrected chi connectivity index (χ4v) is 1.87. The van der Waals surface area contributed by atoms with Crippen LogP contribution in [-0.4, -0.2) is 76.9 Å². The number of piperazine rings is 1. The van der Waals surface area contributed by atoms with Crippen LogP contribution in [0.1, 0.15) is 0 Å². The van der Waals surface area contributed by atoms with Crippen molar-refractivity contribution < 1.29 is 17.4 Å². The topological polar surface area (TPSA) is 79.0 Å². The Bertz CT molecular complexity index is 349. The van der Waals surface area contributed by atoms with Gasteiger partial charge in [0.2, 0.25) is 5.91 Å². The molecule has 0 radical (unpaired) electrons. The van der Waals surface area contributed by atoms with E-state index in [4.69, 9.17) is 4.18 Å². The molecule has 0 aromatic heterocycles. The molecule has 8 heteroatoms. The van der Waals surface area contributed by atoms with E-state index >= 15 is 0 Å². The predicted molar refractivity (Wildman–Crippen MR) is 62.9 cm³/mol. The minimum Gasteiger partial charge on any atom is -0.358 e. The molecule has 0 spiro atoms. The van der Waals surface area contributed by atoms with Gasteiger partial charge in [-0.25, -0.2) is 0 Å². The van der Waals surface area contributed by atoms with E-state index in [1.807, 2.05) is 9.80 Å². The summed E-state index contributed by atoms with van der Waals surface area (Å²) in [5, 5.41) is 2.57. The quantitative estimate of drug-likeness (QED) is 0.596. The van der Waals surface area contributed by atoms with Gasteiger partial charge >= 0.3 is 0 Å². The number of hydrogen-bond donors (Lipinski definition) is 1. The van der Waals surface area contributed by atoms with Gasteiger partial charge in [-0.2, -0.15) is 8.42 Å². The Morgan fingerprint density at radius 1 is 1.24 bits per heavy atom. The molecule has 7 nitrogen and oxygen atoms in total. The Hall–Kier alpha value is -0.700. The van der Waals surface area contributed by atoms with Gasteiger partial charge in [0.15, 0.2) is 0 Å². The number of amides is 1. The first-order chi connectivity index (χ1) is 7.90. The van der Waals surface area contributed by atoms with Crippen molar-refractivity contribution >= 4 is 16.0 Å². The van der Waals surface area contributed by atoms with Crippen LogP contribution in [0.15, 0.2) is 0 Å². The maximum atomic E-state index is 11.1. The fourth-order valence-electron chi connectivity index (χ4n) is 1.53. The third-order valence-corrected chi connectivity index (χ3v) is 3.09. The van der Waals surface area contributed by atoms with E-state index in [-0.39, 0.29) is 12.6 Å². The van der Waals surface area contributed by atoms with Crippen molar-refractivity contribution in [2.75, 3.05) is 52.8 Å². The lowest BCUT2D eigenvalue weighted by Gasteiger charge is -2.33. The zero-order chi connectivity index (χ0) is 12.9. The predicted octanol–water partition coefficient (Wildman–Crippen LogP) is -1.72. The third kappa shape index (κ3) is 5.97. The summed E-state index contributed by atoms with van der Waals surface area (Å²) >= 11 is 0. The number of rotatable bonds is 5. The van der Waals surface area contributed by atoms with Crippen LogP contribution in [0.2, 0.25) is 0 Å². The summed E-state index contributed by atoms with van der Waals surface area (Å²) in [7, 11) is -1.77. The summed E-state index contributed by atoms with van der Waals surface area (Å²) in [5.74, 6) is -0.00849. The summed E-state index contributed by atoms with van der Waals surface area (Å²) in [5.41, 5.74) is 0. The lowest BCUT2D eigenvalue weighted by Crippen LogP contribution is -2.49. The number of carbonyl (C=O) groups excluding carboxylic acids is 1.